The third kappa shape index (κ3) is 6.17. The van der Waals surface area contributed by atoms with Crippen LogP contribution < -0.4 is 15.4 Å². The number of hydrogen-bond donors (Lipinski definition) is 2. The molecule has 0 saturated carbocycles. The summed E-state index contributed by atoms with van der Waals surface area (Å²) in [5.41, 5.74) is 2.17. The van der Waals surface area contributed by atoms with E-state index in [0.717, 1.165) is 36.2 Å². The maximum atomic E-state index is 13.5. The highest BCUT2D eigenvalue weighted by atomic mass is 19.1. The van der Waals surface area contributed by atoms with E-state index in [4.69, 9.17) is 4.74 Å². The van der Waals surface area contributed by atoms with Crippen LogP contribution in [-0.2, 0) is 17.9 Å². The summed E-state index contributed by atoms with van der Waals surface area (Å²) in [7, 11) is 1.66. The van der Waals surface area contributed by atoms with Crippen LogP contribution in [0.3, 0.4) is 0 Å². The summed E-state index contributed by atoms with van der Waals surface area (Å²) in [5, 5.41) is 6.30. The lowest BCUT2D eigenvalue weighted by Gasteiger charge is -2.16. The smallest absolute Gasteiger partial charge is 0.222 e. The average Bonchev–Trinajstić information content (AvgIpc) is 3.13. The number of guanidine groups is 1. The summed E-state index contributed by atoms with van der Waals surface area (Å²) in [4.78, 5) is 17.8. The van der Waals surface area contributed by atoms with Crippen LogP contribution in [0, 0.1) is 11.6 Å². The van der Waals surface area contributed by atoms with E-state index in [-0.39, 0.29) is 18.3 Å². The van der Waals surface area contributed by atoms with Gasteiger partial charge in [0.1, 0.15) is 12.4 Å². The number of carbonyl (C=O) groups excluding carboxylic acids is 1. The second-order valence-corrected chi connectivity index (χ2v) is 7.01. The minimum Gasteiger partial charge on any atom is -0.489 e. The molecule has 30 heavy (non-hydrogen) atoms. The van der Waals surface area contributed by atoms with E-state index in [2.05, 4.69) is 21.7 Å². The lowest BCUT2D eigenvalue weighted by atomic mass is 10.1. The molecule has 0 spiro atoms. The topological polar surface area (TPSA) is 66.0 Å². The minimum atomic E-state index is -0.729. The maximum Gasteiger partial charge on any atom is 0.222 e. The molecule has 2 aromatic carbocycles. The highest BCUT2D eigenvalue weighted by Crippen LogP contribution is 2.17. The van der Waals surface area contributed by atoms with Gasteiger partial charge in [0.25, 0.3) is 0 Å². The molecule has 1 aliphatic rings. The zero-order valence-electron chi connectivity index (χ0n) is 17.0. The molecule has 1 heterocycles. The highest BCUT2D eigenvalue weighted by Gasteiger charge is 2.19. The Kier molecular flexibility index (Phi) is 7.59. The zero-order valence-corrected chi connectivity index (χ0v) is 17.0. The van der Waals surface area contributed by atoms with Gasteiger partial charge in [-0.2, -0.15) is 0 Å². The number of likely N-dealkylation sites (tertiary alicyclic amines) is 1. The third-order valence-corrected chi connectivity index (χ3v) is 4.77. The SMILES string of the molecule is CN=C(NCCOc1ccc(F)cc1F)NCc1cccc(CN2CCCC2=O)c1. The molecule has 0 aromatic heterocycles. The van der Waals surface area contributed by atoms with E-state index in [0.29, 0.717) is 32.0 Å². The second-order valence-electron chi connectivity index (χ2n) is 7.01. The molecule has 1 amide bonds. The number of nitrogens with one attached hydrogen (secondary N) is 2. The summed E-state index contributed by atoms with van der Waals surface area (Å²) >= 11 is 0. The Bertz CT molecular complexity index is 904. The first-order valence-corrected chi connectivity index (χ1v) is 9.93. The minimum absolute atomic E-state index is 0.00875. The Morgan fingerprint density at radius 2 is 2.00 bits per heavy atom. The van der Waals surface area contributed by atoms with Crippen LogP contribution in [0.25, 0.3) is 0 Å². The third-order valence-electron chi connectivity index (χ3n) is 4.77. The van der Waals surface area contributed by atoms with Gasteiger partial charge < -0.3 is 20.3 Å². The molecular weight excluding hydrogens is 390 g/mol. The summed E-state index contributed by atoms with van der Waals surface area (Å²) in [5.74, 6) is -0.565. The monoisotopic (exact) mass is 416 g/mol. The molecule has 160 valence electrons. The van der Waals surface area contributed by atoms with Crippen molar-refractivity contribution in [2.75, 3.05) is 26.7 Å². The second kappa shape index (κ2) is 10.6. The molecule has 8 heteroatoms. The van der Waals surface area contributed by atoms with Gasteiger partial charge in [-0.05, 0) is 29.7 Å². The molecule has 0 radical (unpaired) electrons. The number of halogens is 2. The lowest BCUT2D eigenvalue weighted by Crippen LogP contribution is -2.38. The summed E-state index contributed by atoms with van der Waals surface area (Å²) in [6.07, 6.45) is 1.57. The van der Waals surface area contributed by atoms with E-state index < -0.39 is 11.6 Å². The van der Waals surface area contributed by atoms with Crippen LogP contribution in [0.15, 0.2) is 47.5 Å². The van der Waals surface area contributed by atoms with E-state index in [9.17, 15) is 13.6 Å². The molecule has 1 aliphatic heterocycles. The van der Waals surface area contributed by atoms with Crippen molar-refractivity contribution < 1.29 is 18.3 Å². The first kappa shape index (κ1) is 21.5. The number of ether oxygens (including phenoxy) is 1. The molecule has 3 rings (SSSR count). The quantitative estimate of drug-likeness (QED) is 0.395. The van der Waals surface area contributed by atoms with E-state index >= 15 is 0 Å². The maximum absolute atomic E-state index is 13.5. The first-order valence-electron chi connectivity index (χ1n) is 9.93. The van der Waals surface area contributed by atoms with Gasteiger partial charge in [-0.15, -0.1) is 0 Å². The van der Waals surface area contributed by atoms with Gasteiger partial charge in [-0.25, -0.2) is 8.78 Å². The molecule has 1 fully saturated rings. The lowest BCUT2D eigenvalue weighted by molar-refractivity contribution is -0.128. The van der Waals surface area contributed by atoms with Crippen LogP contribution >= 0.6 is 0 Å². The van der Waals surface area contributed by atoms with Crippen molar-refractivity contribution in [1.29, 1.82) is 0 Å². The van der Waals surface area contributed by atoms with Crippen molar-refractivity contribution in [3.63, 3.8) is 0 Å². The molecule has 2 N–H and O–H groups in total. The van der Waals surface area contributed by atoms with Crippen molar-refractivity contribution in [3.05, 3.63) is 65.2 Å². The van der Waals surface area contributed by atoms with Gasteiger partial charge in [0.05, 0.1) is 6.54 Å². The number of aliphatic imine (C=N–C) groups is 1. The highest BCUT2D eigenvalue weighted by molar-refractivity contribution is 5.79. The van der Waals surface area contributed by atoms with Crippen LogP contribution in [0.1, 0.15) is 24.0 Å². The fourth-order valence-corrected chi connectivity index (χ4v) is 3.26. The van der Waals surface area contributed by atoms with Crippen molar-refractivity contribution in [2.45, 2.75) is 25.9 Å². The molecule has 6 nitrogen and oxygen atoms in total. The Morgan fingerprint density at radius 1 is 1.17 bits per heavy atom. The molecule has 2 aromatic rings. The molecule has 0 atom stereocenters. The van der Waals surface area contributed by atoms with E-state index in [1.165, 1.54) is 6.07 Å². The molecule has 0 aliphatic carbocycles. The predicted octanol–water partition coefficient (Wildman–Crippen LogP) is 2.83. The van der Waals surface area contributed by atoms with Crippen molar-refractivity contribution in [3.8, 4) is 5.75 Å². The molecule has 1 saturated heterocycles. The van der Waals surface area contributed by atoms with Gasteiger partial charge in [0.15, 0.2) is 17.5 Å². The Labute approximate surface area is 174 Å². The first-order chi connectivity index (χ1) is 14.5. The van der Waals surface area contributed by atoms with E-state index in [1.54, 1.807) is 7.05 Å². The summed E-state index contributed by atoms with van der Waals surface area (Å²) in [6.45, 7) is 2.61. The number of benzene rings is 2. The normalized spacial score (nSPS) is 14.2. The summed E-state index contributed by atoms with van der Waals surface area (Å²) < 4.78 is 31.8. The molecular formula is C22H26F2N4O2. The van der Waals surface area contributed by atoms with Gasteiger partial charge in [-0.3, -0.25) is 9.79 Å². The number of amides is 1. The molecule has 0 bridgehead atoms. The van der Waals surface area contributed by atoms with Crippen LogP contribution in [-0.4, -0.2) is 43.5 Å². The van der Waals surface area contributed by atoms with Crippen LogP contribution in [0.2, 0.25) is 0 Å². The Hall–Kier alpha value is -3.16. The zero-order chi connectivity index (χ0) is 21.3. The van der Waals surface area contributed by atoms with Crippen molar-refractivity contribution in [1.82, 2.24) is 15.5 Å². The number of nitrogens with zero attached hydrogens (tertiary/aromatic N) is 2. The standard InChI is InChI=1S/C22H26F2N4O2/c1-25-22(26-9-11-30-20-8-7-18(23)13-19(20)24)27-14-16-4-2-5-17(12-16)15-28-10-3-6-21(28)29/h2,4-5,7-8,12-13H,3,6,9-11,14-15H2,1H3,(H2,25,26,27). The predicted molar refractivity (Wildman–Crippen MR) is 111 cm³/mol. The van der Waals surface area contributed by atoms with Crippen LogP contribution in [0.4, 0.5) is 8.78 Å². The van der Waals surface area contributed by atoms with Gasteiger partial charge >= 0.3 is 0 Å². The average molecular weight is 416 g/mol. The molecule has 0 unspecified atom stereocenters. The van der Waals surface area contributed by atoms with Crippen molar-refractivity contribution in [2.24, 2.45) is 4.99 Å². The fraction of sp³-hybridized carbons (Fsp3) is 0.364. The van der Waals surface area contributed by atoms with Gasteiger partial charge in [0, 0.05) is 39.2 Å². The van der Waals surface area contributed by atoms with E-state index in [1.807, 2.05) is 23.1 Å². The largest absolute Gasteiger partial charge is 0.489 e. The fourth-order valence-electron chi connectivity index (χ4n) is 3.26. The number of carbonyl (C=O) groups is 1. The van der Waals surface area contributed by atoms with Gasteiger partial charge in [-0.1, -0.05) is 24.3 Å². The Balaban J connectivity index is 1.42. The number of hydrogen-bond acceptors (Lipinski definition) is 3. The van der Waals surface area contributed by atoms with Crippen molar-refractivity contribution >= 4 is 11.9 Å². The number of rotatable bonds is 8. The van der Waals surface area contributed by atoms with Gasteiger partial charge in [0.2, 0.25) is 5.91 Å². The summed E-state index contributed by atoms with van der Waals surface area (Å²) in [6, 6.07) is 11.3. The Morgan fingerprint density at radius 3 is 2.73 bits per heavy atom. The van der Waals surface area contributed by atoms with Crippen LogP contribution in [0.5, 0.6) is 5.75 Å².